The number of nitrogens with one attached hydrogen (secondary N) is 1. The number of esters is 1. The van der Waals surface area contributed by atoms with Gasteiger partial charge in [0.2, 0.25) is 0 Å². The quantitative estimate of drug-likeness (QED) is 0.425. The fraction of sp³-hybridized carbons (Fsp3) is 0.700. The van der Waals surface area contributed by atoms with E-state index in [4.69, 9.17) is 4.74 Å². The lowest BCUT2D eigenvalue weighted by Gasteiger charge is -2.20. The molecule has 0 amide bonds. The molecule has 0 rings (SSSR count). The minimum Gasteiger partial charge on any atom is -0.444 e. The van der Waals surface area contributed by atoms with Crippen LogP contribution < -0.4 is 5.32 Å². The van der Waals surface area contributed by atoms with Crippen LogP contribution in [0.4, 0.5) is 0 Å². The molecule has 0 spiro atoms. The Bertz CT molecular complexity index is 170. The summed E-state index contributed by atoms with van der Waals surface area (Å²) in [6, 6.07) is 0.410. The van der Waals surface area contributed by atoms with Crippen LogP contribution in [-0.2, 0) is 9.53 Å². The Kier molecular flexibility index (Phi) is 10.3. The van der Waals surface area contributed by atoms with E-state index in [9.17, 15) is 4.79 Å². The molecule has 14 heavy (non-hydrogen) atoms. The molecular formula is C10H20ClNO2. The summed E-state index contributed by atoms with van der Waals surface area (Å²) in [6.07, 6.45) is 3.00. The number of carbonyl (C=O) groups is 1. The summed E-state index contributed by atoms with van der Waals surface area (Å²) in [7, 11) is 0. The first-order chi connectivity index (χ1) is 6.13. The molecule has 0 aromatic heterocycles. The summed E-state index contributed by atoms with van der Waals surface area (Å²) in [6.45, 7) is 9.35. The molecule has 0 heterocycles. The van der Waals surface area contributed by atoms with Crippen molar-refractivity contribution in [2.24, 2.45) is 0 Å². The summed E-state index contributed by atoms with van der Waals surface area (Å²) in [5, 5.41) is 3.19. The molecule has 1 unspecified atom stereocenters. The number of carbonyl (C=O) groups excluding carboxylic acids is 1. The van der Waals surface area contributed by atoms with E-state index in [-0.39, 0.29) is 24.6 Å². The molecule has 0 aliphatic rings. The molecule has 3 nitrogen and oxygen atoms in total. The van der Waals surface area contributed by atoms with Crippen molar-refractivity contribution in [3.8, 4) is 0 Å². The largest absolute Gasteiger partial charge is 0.444 e. The third-order valence-corrected chi connectivity index (χ3v) is 1.92. The average molecular weight is 222 g/mol. The Hall–Kier alpha value is -0.540. The number of ether oxygens (including phenoxy) is 1. The van der Waals surface area contributed by atoms with Gasteiger partial charge in [0.15, 0.2) is 6.23 Å². The predicted octanol–water partition coefficient (Wildman–Crippen LogP) is 2.26. The van der Waals surface area contributed by atoms with E-state index in [0.717, 1.165) is 12.8 Å². The fourth-order valence-electron chi connectivity index (χ4n) is 1.11. The van der Waals surface area contributed by atoms with E-state index in [1.54, 1.807) is 0 Å². The Labute approximate surface area is 92.3 Å². The number of halogens is 1. The van der Waals surface area contributed by atoms with Crippen molar-refractivity contribution < 1.29 is 9.53 Å². The maximum absolute atomic E-state index is 10.8. The van der Waals surface area contributed by atoms with Crippen LogP contribution in [0.25, 0.3) is 0 Å². The van der Waals surface area contributed by atoms with Gasteiger partial charge in [-0.25, -0.2) is 4.79 Å². The summed E-state index contributed by atoms with van der Waals surface area (Å²) in [4.78, 5) is 10.8. The zero-order chi connectivity index (χ0) is 10.3. The first kappa shape index (κ1) is 15.9. The SMILES string of the molecule is C=CC(=O)OC(C)NC(CC)CC.Cl. The van der Waals surface area contributed by atoms with Crippen molar-refractivity contribution in [2.75, 3.05) is 0 Å². The van der Waals surface area contributed by atoms with E-state index in [1.165, 1.54) is 6.08 Å². The van der Waals surface area contributed by atoms with Gasteiger partial charge in [0.05, 0.1) is 0 Å². The molecule has 1 N–H and O–H groups in total. The highest BCUT2D eigenvalue weighted by Gasteiger charge is 2.10. The molecule has 0 fully saturated rings. The van der Waals surface area contributed by atoms with Crippen LogP contribution in [0.5, 0.6) is 0 Å². The van der Waals surface area contributed by atoms with Gasteiger partial charge in [-0.05, 0) is 19.8 Å². The first-order valence-electron chi connectivity index (χ1n) is 4.73. The summed E-state index contributed by atoms with van der Waals surface area (Å²) in [5.74, 6) is -0.383. The second-order valence-corrected chi connectivity index (χ2v) is 2.96. The minimum atomic E-state index is -0.383. The lowest BCUT2D eigenvalue weighted by Crippen LogP contribution is -2.38. The lowest BCUT2D eigenvalue weighted by molar-refractivity contribution is -0.143. The molecule has 0 saturated heterocycles. The normalized spacial score (nSPS) is 11.7. The molecule has 0 aliphatic heterocycles. The maximum atomic E-state index is 10.8. The molecule has 0 saturated carbocycles. The van der Waals surface area contributed by atoms with E-state index in [0.29, 0.717) is 6.04 Å². The second kappa shape index (κ2) is 9.03. The standard InChI is InChI=1S/C10H19NO2.ClH/c1-5-9(6-2)11-8(4)13-10(12)7-3;/h7-9,11H,3,5-6H2,1-2,4H3;1H. The second-order valence-electron chi connectivity index (χ2n) is 2.96. The van der Waals surface area contributed by atoms with Gasteiger partial charge in [-0.1, -0.05) is 20.4 Å². The van der Waals surface area contributed by atoms with Crippen molar-refractivity contribution in [3.63, 3.8) is 0 Å². The smallest absolute Gasteiger partial charge is 0.331 e. The van der Waals surface area contributed by atoms with Crippen LogP contribution >= 0.6 is 12.4 Å². The van der Waals surface area contributed by atoms with E-state index in [2.05, 4.69) is 25.7 Å². The van der Waals surface area contributed by atoms with Gasteiger partial charge in [-0.2, -0.15) is 0 Å². The zero-order valence-corrected chi connectivity index (χ0v) is 9.89. The molecular weight excluding hydrogens is 202 g/mol. The monoisotopic (exact) mass is 221 g/mol. The van der Waals surface area contributed by atoms with Crippen molar-refractivity contribution in [3.05, 3.63) is 12.7 Å². The number of hydrogen-bond acceptors (Lipinski definition) is 3. The topological polar surface area (TPSA) is 38.3 Å². The van der Waals surface area contributed by atoms with Crippen molar-refractivity contribution in [2.45, 2.75) is 45.9 Å². The molecule has 0 radical (unpaired) electrons. The Morgan fingerprint density at radius 1 is 1.50 bits per heavy atom. The van der Waals surface area contributed by atoms with Gasteiger partial charge in [0.1, 0.15) is 0 Å². The van der Waals surface area contributed by atoms with Crippen molar-refractivity contribution >= 4 is 18.4 Å². The summed E-state index contributed by atoms with van der Waals surface area (Å²) in [5.41, 5.74) is 0. The van der Waals surface area contributed by atoms with Crippen LogP contribution in [0.2, 0.25) is 0 Å². The zero-order valence-electron chi connectivity index (χ0n) is 9.08. The highest BCUT2D eigenvalue weighted by atomic mass is 35.5. The van der Waals surface area contributed by atoms with Crippen LogP contribution in [0.3, 0.4) is 0 Å². The fourth-order valence-corrected chi connectivity index (χ4v) is 1.11. The van der Waals surface area contributed by atoms with Gasteiger partial charge < -0.3 is 4.74 Å². The van der Waals surface area contributed by atoms with Crippen LogP contribution in [0.15, 0.2) is 12.7 Å². The number of rotatable bonds is 6. The molecule has 0 bridgehead atoms. The van der Waals surface area contributed by atoms with E-state index in [1.807, 2.05) is 6.92 Å². The predicted molar refractivity (Wildman–Crippen MR) is 60.5 cm³/mol. The Morgan fingerprint density at radius 3 is 2.36 bits per heavy atom. The summed E-state index contributed by atoms with van der Waals surface area (Å²) < 4.78 is 4.97. The molecule has 0 aliphatic carbocycles. The summed E-state index contributed by atoms with van der Waals surface area (Å²) >= 11 is 0. The number of hydrogen-bond donors (Lipinski definition) is 1. The Balaban J connectivity index is 0. The average Bonchev–Trinajstić information content (AvgIpc) is 2.13. The molecule has 0 aromatic carbocycles. The maximum Gasteiger partial charge on any atom is 0.331 e. The van der Waals surface area contributed by atoms with Crippen molar-refractivity contribution in [1.82, 2.24) is 5.32 Å². The van der Waals surface area contributed by atoms with Gasteiger partial charge in [0.25, 0.3) is 0 Å². The van der Waals surface area contributed by atoms with Gasteiger partial charge in [0, 0.05) is 12.1 Å². The van der Waals surface area contributed by atoms with Crippen molar-refractivity contribution in [1.29, 1.82) is 0 Å². The van der Waals surface area contributed by atoms with Gasteiger partial charge in [-0.15, -0.1) is 12.4 Å². The van der Waals surface area contributed by atoms with Crippen LogP contribution in [0.1, 0.15) is 33.6 Å². The van der Waals surface area contributed by atoms with E-state index < -0.39 is 0 Å². The first-order valence-corrected chi connectivity index (χ1v) is 4.73. The molecule has 84 valence electrons. The van der Waals surface area contributed by atoms with Crippen LogP contribution in [0, 0.1) is 0 Å². The molecule has 0 aromatic rings. The van der Waals surface area contributed by atoms with E-state index >= 15 is 0 Å². The van der Waals surface area contributed by atoms with Crippen LogP contribution in [-0.4, -0.2) is 18.2 Å². The van der Waals surface area contributed by atoms with Gasteiger partial charge >= 0.3 is 5.97 Å². The Morgan fingerprint density at radius 2 is 2.00 bits per heavy atom. The molecule has 1 atom stereocenters. The molecule has 4 heteroatoms. The third-order valence-electron chi connectivity index (χ3n) is 1.92. The minimum absolute atomic E-state index is 0. The lowest BCUT2D eigenvalue weighted by atomic mass is 10.2. The highest BCUT2D eigenvalue weighted by Crippen LogP contribution is 1.99. The highest BCUT2D eigenvalue weighted by molar-refractivity contribution is 5.85. The third kappa shape index (κ3) is 6.92. The van der Waals surface area contributed by atoms with Gasteiger partial charge in [-0.3, -0.25) is 5.32 Å².